The van der Waals surface area contributed by atoms with Crippen molar-refractivity contribution in [1.82, 2.24) is 10.3 Å². The summed E-state index contributed by atoms with van der Waals surface area (Å²) in [5.74, 6) is 1.79. The molecule has 0 spiro atoms. The van der Waals surface area contributed by atoms with Crippen molar-refractivity contribution in [3.05, 3.63) is 71.3 Å². The third-order valence-electron chi connectivity index (χ3n) is 4.48. The van der Waals surface area contributed by atoms with Crippen LogP contribution in [0.25, 0.3) is 0 Å². The number of hydrogen-bond acceptors (Lipinski definition) is 4. The number of likely N-dealkylation sites (tertiary alicyclic amines) is 1. The Kier molecular flexibility index (Phi) is 6.86. The van der Waals surface area contributed by atoms with Crippen LogP contribution in [-0.2, 0) is 11.5 Å². The van der Waals surface area contributed by atoms with Gasteiger partial charge in [0.15, 0.2) is 0 Å². The number of hydrazone groups is 1. The van der Waals surface area contributed by atoms with E-state index >= 15 is 0 Å². The SMILES string of the molecule is CN1CCC(=NNC(=O)c2ccc(CSCc3ccccc3)cc2)CC1. The zero-order chi connectivity index (χ0) is 18.2. The van der Waals surface area contributed by atoms with Gasteiger partial charge >= 0.3 is 0 Å². The number of rotatable bonds is 6. The number of nitrogens with one attached hydrogen (secondary N) is 1. The molecule has 0 aliphatic carbocycles. The average Bonchev–Trinajstić information content (AvgIpc) is 2.69. The van der Waals surface area contributed by atoms with Crippen molar-refractivity contribution >= 4 is 23.4 Å². The lowest BCUT2D eigenvalue weighted by atomic mass is 10.1. The first kappa shape index (κ1) is 18.7. The third-order valence-corrected chi connectivity index (χ3v) is 5.55. The fourth-order valence-electron chi connectivity index (χ4n) is 2.80. The standard InChI is InChI=1S/C21H25N3OS/c1-24-13-11-20(12-14-24)22-23-21(25)19-9-7-18(8-10-19)16-26-15-17-5-3-2-4-6-17/h2-10H,11-16H2,1H3,(H,23,25). The molecule has 1 N–H and O–H groups in total. The van der Waals surface area contributed by atoms with Crippen LogP contribution in [0, 0.1) is 0 Å². The maximum atomic E-state index is 12.2. The summed E-state index contributed by atoms with van der Waals surface area (Å²) in [4.78, 5) is 14.5. The summed E-state index contributed by atoms with van der Waals surface area (Å²) in [7, 11) is 2.11. The summed E-state index contributed by atoms with van der Waals surface area (Å²) in [6.07, 6.45) is 1.85. The highest BCUT2D eigenvalue weighted by molar-refractivity contribution is 7.97. The first-order chi connectivity index (χ1) is 12.7. The molecule has 1 saturated heterocycles. The zero-order valence-corrected chi connectivity index (χ0v) is 16.0. The lowest BCUT2D eigenvalue weighted by molar-refractivity contribution is 0.0954. The van der Waals surface area contributed by atoms with E-state index < -0.39 is 0 Å². The van der Waals surface area contributed by atoms with E-state index in [0.717, 1.165) is 43.1 Å². The second-order valence-electron chi connectivity index (χ2n) is 6.60. The van der Waals surface area contributed by atoms with Gasteiger partial charge in [-0.2, -0.15) is 16.9 Å². The van der Waals surface area contributed by atoms with Crippen LogP contribution in [0.15, 0.2) is 59.7 Å². The van der Waals surface area contributed by atoms with Crippen molar-refractivity contribution in [3.63, 3.8) is 0 Å². The molecule has 2 aromatic rings. The topological polar surface area (TPSA) is 44.7 Å². The van der Waals surface area contributed by atoms with Gasteiger partial charge < -0.3 is 4.90 Å². The number of piperidine rings is 1. The average molecular weight is 368 g/mol. The molecule has 1 fully saturated rings. The number of nitrogens with zero attached hydrogens (tertiary/aromatic N) is 2. The monoisotopic (exact) mass is 367 g/mol. The molecule has 3 rings (SSSR count). The van der Waals surface area contributed by atoms with E-state index in [1.54, 1.807) is 0 Å². The second kappa shape index (κ2) is 9.55. The third kappa shape index (κ3) is 5.71. The molecule has 0 saturated carbocycles. The van der Waals surface area contributed by atoms with Gasteiger partial charge in [0, 0.05) is 48.7 Å². The maximum absolute atomic E-state index is 12.2. The Morgan fingerprint density at radius 1 is 1.00 bits per heavy atom. The molecule has 2 aromatic carbocycles. The predicted molar refractivity (Wildman–Crippen MR) is 110 cm³/mol. The molecule has 26 heavy (non-hydrogen) atoms. The summed E-state index contributed by atoms with van der Waals surface area (Å²) >= 11 is 1.88. The molecule has 0 aromatic heterocycles. The fraction of sp³-hybridized carbons (Fsp3) is 0.333. The van der Waals surface area contributed by atoms with Gasteiger partial charge in [-0.1, -0.05) is 42.5 Å². The largest absolute Gasteiger partial charge is 0.306 e. The van der Waals surface area contributed by atoms with Crippen LogP contribution in [0.2, 0.25) is 0 Å². The van der Waals surface area contributed by atoms with Gasteiger partial charge in [0.05, 0.1) is 0 Å². The quantitative estimate of drug-likeness (QED) is 0.787. The van der Waals surface area contributed by atoms with Crippen molar-refractivity contribution in [1.29, 1.82) is 0 Å². The van der Waals surface area contributed by atoms with Gasteiger partial charge in [-0.3, -0.25) is 4.79 Å². The molecule has 0 radical (unpaired) electrons. The fourth-order valence-corrected chi connectivity index (χ4v) is 3.75. The maximum Gasteiger partial charge on any atom is 0.271 e. The van der Waals surface area contributed by atoms with E-state index in [0.29, 0.717) is 5.56 Å². The minimum Gasteiger partial charge on any atom is -0.306 e. The van der Waals surface area contributed by atoms with E-state index in [2.05, 4.69) is 46.7 Å². The number of benzene rings is 2. The van der Waals surface area contributed by atoms with E-state index in [1.807, 2.05) is 42.1 Å². The molecule has 0 bridgehead atoms. The van der Waals surface area contributed by atoms with E-state index in [9.17, 15) is 4.79 Å². The van der Waals surface area contributed by atoms with Crippen molar-refractivity contribution in [2.75, 3.05) is 20.1 Å². The molecule has 1 aliphatic heterocycles. The minimum absolute atomic E-state index is 0.139. The van der Waals surface area contributed by atoms with Gasteiger partial charge in [-0.05, 0) is 30.3 Å². The Balaban J connectivity index is 1.46. The number of amides is 1. The molecule has 136 valence electrons. The Morgan fingerprint density at radius 2 is 1.62 bits per heavy atom. The smallest absolute Gasteiger partial charge is 0.271 e. The van der Waals surface area contributed by atoms with E-state index in [1.165, 1.54) is 11.1 Å². The highest BCUT2D eigenvalue weighted by Crippen LogP contribution is 2.18. The summed E-state index contributed by atoms with van der Waals surface area (Å²) < 4.78 is 0. The Labute approximate surface area is 159 Å². The zero-order valence-electron chi connectivity index (χ0n) is 15.1. The van der Waals surface area contributed by atoms with Gasteiger partial charge in [-0.25, -0.2) is 5.43 Å². The molecule has 1 aliphatic rings. The van der Waals surface area contributed by atoms with Crippen LogP contribution in [0.1, 0.15) is 34.3 Å². The van der Waals surface area contributed by atoms with Crippen molar-refractivity contribution in [3.8, 4) is 0 Å². The Hall–Kier alpha value is -2.11. The molecule has 5 heteroatoms. The molecule has 0 atom stereocenters. The second-order valence-corrected chi connectivity index (χ2v) is 7.58. The summed E-state index contributed by atoms with van der Waals surface area (Å²) in [6, 6.07) is 18.3. The van der Waals surface area contributed by atoms with Gasteiger partial charge in [-0.15, -0.1) is 0 Å². The van der Waals surface area contributed by atoms with E-state index in [-0.39, 0.29) is 5.91 Å². The van der Waals surface area contributed by atoms with Crippen LogP contribution in [0.3, 0.4) is 0 Å². The minimum atomic E-state index is -0.139. The van der Waals surface area contributed by atoms with Crippen LogP contribution < -0.4 is 5.43 Å². The molecular weight excluding hydrogens is 342 g/mol. The Morgan fingerprint density at radius 3 is 2.27 bits per heavy atom. The van der Waals surface area contributed by atoms with Crippen LogP contribution >= 0.6 is 11.8 Å². The molecule has 1 heterocycles. The molecule has 4 nitrogen and oxygen atoms in total. The molecule has 0 unspecified atom stereocenters. The number of hydrogen-bond donors (Lipinski definition) is 1. The molecule has 1 amide bonds. The van der Waals surface area contributed by atoms with Gasteiger partial charge in [0.1, 0.15) is 0 Å². The highest BCUT2D eigenvalue weighted by atomic mass is 32.2. The summed E-state index contributed by atoms with van der Waals surface area (Å²) in [5, 5.41) is 4.29. The first-order valence-electron chi connectivity index (χ1n) is 8.95. The van der Waals surface area contributed by atoms with Crippen molar-refractivity contribution in [2.45, 2.75) is 24.3 Å². The van der Waals surface area contributed by atoms with Crippen LogP contribution in [0.4, 0.5) is 0 Å². The summed E-state index contributed by atoms with van der Waals surface area (Å²) in [6.45, 7) is 2.01. The van der Waals surface area contributed by atoms with Crippen molar-refractivity contribution in [2.24, 2.45) is 5.10 Å². The number of carbonyl (C=O) groups is 1. The van der Waals surface area contributed by atoms with Gasteiger partial charge in [0.2, 0.25) is 0 Å². The highest BCUT2D eigenvalue weighted by Gasteiger charge is 2.12. The van der Waals surface area contributed by atoms with Crippen molar-refractivity contribution < 1.29 is 4.79 Å². The van der Waals surface area contributed by atoms with Crippen LogP contribution in [-0.4, -0.2) is 36.7 Å². The summed E-state index contributed by atoms with van der Waals surface area (Å²) in [5.41, 5.74) is 6.98. The lowest BCUT2D eigenvalue weighted by Crippen LogP contribution is -2.32. The number of thioether (sulfide) groups is 1. The Bertz CT molecular complexity index is 734. The predicted octanol–water partition coefficient (Wildman–Crippen LogP) is 3.93. The van der Waals surface area contributed by atoms with Crippen LogP contribution in [0.5, 0.6) is 0 Å². The van der Waals surface area contributed by atoms with E-state index in [4.69, 9.17) is 0 Å². The first-order valence-corrected chi connectivity index (χ1v) is 10.1. The molecular formula is C21H25N3OS. The normalized spacial score (nSPS) is 14.9. The van der Waals surface area contributed by atoms with Gasteiger partial charge in [0.25, 0.3) is 5.91 Å². The lowest BCUT2D eigenvalue weighted by Gasteiger charge is -2.22. The number of carbonyl (C=O) groups excluding carboxylic acids is 1.